The molecule has 0 saturated carbocycles. The molecule has 15 heavy (non-hydrogen) atoms. The maximum atomic E-state index is 5.78. The number of nitrogens with two attached hydrogens (primary N) is 1. The second-order valence-corrected chi connectivity index (χ2v) is 4.97. The van der Waals surface area contributed by atoms with Crippen LogP contribution >= 0.6 is 15.9 Å². The van der Waals surface area contributed by atoms with Crippen molar-refractivity contribution in [3.63, 3.8) is 0 Å². The van der Waals surface area contributed by atoms with E-state index in [0.29, 0.717) is 12.5 Å². The lowest BCUT2D eigenvalue weighted by Gasteiger charge is -2.16. The van der Waals surface area contributed by atoms with Crippen LogP contribution in [-0.4, -0.2) is 6.10 Å². The van der Waals surface area contributed by atoms with Crippen LogP contribution in [0.5, 0.6) is 0 Å². The molecule has 0 radical (unpaired) electrons. The van der Waals surface area contributed by atoms with Gasteiger partial charge in [0, 0.05) is 10.2 Å². The fourth-order valence-corrected chi connectivity index (χ4v) is 1.35. The molecule has 0 fully saturated rings. The largest absolute Gasteiger partial charge is 0.398 e. The zero-order valence-electron chi connectivity index (χ0n) is 9.46. The molecular formula is C12H18BrNO. The summed E-state index contributed by atoms with van der Waals surface area (Å²) in [6.07, 6.45) is 0.273. The predicted molar refractivity (Wildman–Crippen MR) is 67.6 cm³/mol. The lowest BCUT2D eigenvalue weighted by Crippen LogP contribution is -2.15. The summed E-state index contributed by atoms with van der Waals surface area (Å²) in [7, 11) is 0. The molecule has 3 heteroatoms. The van der Waals surface area contributed by atoms with Gasteiger partial charge in [0.15, 0.2) is 0 Å². The summed E-state index contributed by atoms with van der Waals surface area (Å²) in [4.78, 5) is 0. The number of benzene rings is 1. The average molecular weight is 272 g/mol. The minimum Gasteiger partial charge on any atom is -0.398 e. The lowest BCUT2D eigenvalue weighted by molar-refractivity contribution is 0.0235. The third-order valence-corrected chi connectivity index (χ3v) is 3.23. The molecule has 0 aromatic heterocycles. The first-order chi connectivity index (χ1) is 7.00. The Morgan fingerprint density at radius 1 is 1.33 bits per heavy atom. The number of nitrogen functional groups attached to an aromatic ring is 1. The van der Waals surface area contributed by atoms with Crippen molar-refractivity contribution in [1.82, 2.24) is 0 Å². The van der Waals surface area contributed by atoms with E-state index in [1.807, 2.05) is 18.2 Å². The molecule has 1 rings (SSSR count). The second-order valence-electron chi connectivity index (χ2n) is 4.12. The minimum atomic E-state index is 0.273. The SMILES string of the molecule is CC(C)C(C)OCc1ccc(Br)c(N)c1. The van der Waals surface area contributed by atoms with Crippen molar-refractivity contribution in [3.05, 3.63) is 28.2 Å². The van der Waals surface area contributed by atoms with E-state index in [0.717, 1.165) is 15.7 Å². The third kappa shape index (κ3) is 3.84. The van der Waals surface area contributed by atoms with Gasteiger partial charge in [-0.15, -0.1) is 0 Å². The number of hydrogen-bond donors (Lipinski definition) is 1. The summed E-state index contributed by atoms with van der Waals surface area (Å²) in [6, 6.07) is 5.92. The third-order valence-electron chi connectivity index (χ3n) is 2.51. The van der Waals surface area contributed by atoms with Crippen LogP contribution in [0, 0.1) is 5.92 Å². The monoisotopic (exact) mass is 271 g/mol. The fourth-order valence-electron chi connectivity index (χ4n) is 1.10. The lowest BCUT2D eigenvalue weighted by atomic mass is 10.1. The molecular weight excluding hydrogens is 254 g/mol. The molecule has 0 aliphatic heterocycles. The van der Waals surface area contributed by atoms with Gasteiger partial charge in [0.05, 0.1) is 12.7 Å². The highest BCUT2D eigenvalue weighted by Crippen LogP contribution is 2.21. The summed E-state index contributed by atoms with van der Waals surface area (Å²) in [5.41, 5.74) is 7.66. The molecule has 0 amide bonds. The van der Waals surface area contributed by atoms with Gasteiger partial charge in [-0.05, 0) is 46.5 Å². The van der Waals surface area contributed by atoms with Crippen LogP contribution in [0.3, 0.4) is 0 Å². The summed E-state index contributed by atoms with van der Waals surface area (Å²) < 4.78 is 6.65. The van der Waals surface area contributed by atoms with Gasteiger partial charge >= 0.3 is 0 Å². The zero-order valence-corrected chi connectivity index (χ0v) is 11.0. The van der Waals surface area contributed by atoms with Gasteiger partial charge in [-0.3, -0.25) is 0 Å². The molecule has 0 bridgehead atoms. The van der Waals surface area contributed by atoms with Gasteiger partial charge in [0.25, 0.3) is 0 Å². The van der Waals surface area contributed by atoms with E-state index in [9.17, 15) is 0 Å². The van der Waals surface area contributed by atoms with Crippen LogP contribution < -0.4 is 5.73 Å². The smallest absolute Gasteiger partial charge is 0.0721 e. The normalized spacial score (nSPS) is 13.1. The molecule has 84 valence electrons. The highest BCUT2D eigenvalue weighted by atomic mass is 79.9. The van der Waals surface area contributed by atoms with Crippen molar-refractivity contribution < 1.29 is 4.74 Å². The van der Waals surface area contributed by atoms with Crippen LogP contribution in [0.15, 0.2) is 22.7 Å². The van der Waals surface area contributed by atoms with Crippen molar-refractivity contribution in [3.8, 4) is 0 Å². The molecule has 1 unspecified atom stereocenters. The van der Waals surface area contributed by atoms with Crippen LogP contribution in [0.1, 0.15) is 26.3 Å². The number of hydrogen-bond acceptors (Lipinski definition) is 2. The predicted octanol–water partition coefficient (Wildman–Crippen LogP) is 3.59. The minimum absolute atomic E-state index is 0.273. The Bertz CT molecular complexity index is 325. The Labute approximate surface area is 99.9 Å². The quantitative estimate of drug-likeness (QED) is 0.850. The molecule has 1 aromatic carbocycles. The Morgan fingerprint density at radius 3 is 2.53 bits per heavy atom. The van der Waals surface area contributed by atoms with E-state index in [-0.39, 0.29) is 6.10 Å². The van der Waals surface area contributed by atoms with E-state index >= 15 is 0 Å². The maximum absolute atomic E-state index is 5.78. The highest BCUT2D eigenvalue weighted by molar-refractivity contribution is 9.10. The number of halogens is 1. The van der Waals surface area contributed by atoms with E-state index < -0.39 is 0 Å². The average Bonchev–Trinajstić information content (AvgIpc) is 2.19. The standard InChI is InChI=1S/C12H18BrNO/c1-8(2)9(3)15-7-10-4-5-11(13)12(14)6-10/h4-6,8-9H,7,14H2,1-3H3. The first-order valence-electron chi connectivity index (χ1n) is 5.16. The highest BCUT2D eigenvalue weighted by Gasteiger charge is 2.07. The van der Waals surface area contributed by atoms with E-state index in [1.54, 1.807) is 0 Å². The number of ether oxygens (including phenoxy) is 1. The second kappa shape index (κ2) is 5.52. The molecule has 2 nitrogen and oxygen atoms in total. The molecule has 1 atom stereocenters. The van der Waals surface area contributed by atoms with Crippen LogP contribution in [0.25, 0.3) is 0 Å². The van der Waals surface area contributed by atoms with Gasteiger partial charge in [-0.2, -0.15) is 0 Å². The Kier molecular flexibility index (Phi) is 4.61. The summed E-state index contributed by atoms with van der Waals surface area (Å²) >= 11 is 3.37. The van der Waals surface area contributed by atoms with Gasteiger partial charge < -0.3 is 10.5 Å². The fraction of sp³-hybridized carbons (Fsp3) is 0.500. The van der Waals surface area contributed by atoms with Crippen molar-refractivity contribution in [2.24, 2.45) is 5.92 Å². The molecule has 0 heterocycles. The Balaban J connectivity index is 2.55. The molecule has 0 aliphatic carbocycles. The maximum Gasteiger partial charge on any atom is 0.0721 e. The summed E-state index contributed by atoms with van der Waals surface area (Å²) in [5, 5.41) is 0. The Hall–Kier alpha value is -0.540. The van der Waals surface area contributed by atoms with Crippen LogP contribution in [0.2, 0.25) is 0 Å². The van der Waals surface area contributed by atoms with Gasteiger partial charge in [0.2, 0.25) is 0 Å². The number of anilines is 1. The van der Waals surface area contributed by atoms with Gasteiger partial charge in [-0.1, -0.05) is 19.9 Å². The molecule has 0 saturated heterocycles. The topological polar surface area (TPSA) is 35.2 Å². The molecule has 1 aromatic rings. The van der Waals surface area contributed by atoms with Crippen LogP contribution in [0.4, 0.5) is 5.69 Å². The zero-order chi connectivity index (χ0) is 11.4. The van der Waals surface area contributed by atoms with Crippen molar-refractivity contribution >= 4 is 21.6 Å². The summed E-state index contributed by atoms with van der Waals surface area (Å²) in [6.45, 7) is 7.02. The van der Waals surface area contributed by atoms with Crippen molar-refractivity contribution in [2.45, 2.75) is 33.5 Å². The van der Waals surface area contributed by atoms with Crippen molar-refractivity contribution in [2.75, 3.05) is 5.73 Å². The molecule has 2 N–H and O–H groups in total. The summed E-state index contributed by atoms with van der Waals surface area (Å²) in [5.74, 6) is 0.540. The first kappa shape index (κ1) is 12.5. The Morgan fingerprint density at radius 2 is 2.00 bits per heavy atom. The van der Waals surface area contributed by atoms with Crippen LogP contribution in [-0.2, 0) is 11.3 Å². The molecule has 0 spiro atoms. The van der Waals surface area contributed by atoms with E-state index in [2.05, 4.69) is 36.7 Å². The number of rotatable bonds is 4. The van der Waals surface area contributed by atoms with Crippen molar-refractivity contribution in [1.29, 1.82) is 0 Å². The first-order valence-corrected chi connectivity index (χ1v) is 5.95. The van der Waals surface area contributed by atoms with E-state index in [1.165, 1.54) is 0 Å². The molecule has 0 aliphatic rings. The van der Waals surface area contributed by atoms with Gasteiger partial charge in [-0.25, -0.2) is 0 Å². The van der Waals surface area contributed by atoms with Gasteiger partial charge in [0.1, 0.15) is 0 Å². The van der Waals surface area contributed by atoms with E-state index in [4.69, 9.17) is 10.5 Å².